The first-order valence-electron chi connectivity index (χ1n) is 5.56. The second-order valence-electron chi connectivity index (χ2n) is 4.16. The predicted octanol–water partition coefficient (Wildman–Crippen LogP) is -1.42. The van der Waals surface area contributed by atoms with Crippen LogP contribution in [0, 0.1) is 0 Å². The lowest BCUT2D eigenvalue weighted by Gasteiger charge is -2.28. The third kappa shape index (κ3) is 2.36. The zero-order valence-electron chi connectivity index (χ0n) is 8.88. The Morgan fingerprint density at radius 1 is 1.21 bits per heavy atom. The first-order chi connectivity index (χ1) is 6.88. The molecule has 1 saturated heterocycles. The summed E-state index contributed by atoms with van der Waals surface area (Å²) in [6.45, 7) is 9.93. The van der Waals surface area contributed by atoms with Crippen molar-refractivity contribution in [2.75, 3.05) is 32.7 Å². The molecule has 0 aliphatic carbocycles. The van der Waals surface area contributed by atoms with Crippen molar-refractivity contribution in [2.24, 2.45) is 0 Å². The molecule has 78 valence electrons. The van der Waals surface area contributed by atoms with E-state index >= 15 is 0 Å². The normalized spacial score (nSPS) is 27.8. The number of furan rings is 1. The molecule has 1 aromatic heterocycles. The van der Waals surface area contributed by atoms with E-state index in [1.165, 1.54) is 38.3 Å². The Labute approximate surface area is 85.3 Å². The van der Waals surface area contributed by atoms with Crippen molar-refractivity contribution in [3.8, 4) is 0 Å². The maximum atomic E-state index is 5.08. The smallest absolute Gasteiger partial charge is 0.127 e. The summed E-state index contributed by atoms with van der Waals surface area (Å²) in [5.74, 6) is 0. The molecule has 0 bridgehead atoms. The van der Waals surface area contributed by atoms with Crippen LogP contribution in [0.4, 0.5) is 0 Å². The maximum Gasteiger partial charge on any atom is 0.127 e. The molecule has 14 heavy (non-hydrogen) atoms. The number of likely N-dealkylation sites (N-methyl/N-ethyl adjacent to an activating group) is 1. The monoisotopic (exact) mass is 196 g/mol. The van der Waals surface area contributed by atoms with E-state index in [0.717, 1.165) is 6.54 Å². The predicted molar refractivity (Wildman–Crippen MR) is 54.3 cm³/mol. The first-order valence-corrected chi connectivity index (χ1v) is 5.56. The van der Waals surface area contributed by atoms with Gasteiger partial charge in [-0.05, 0) is 13.0 Å². The summed E-state index contributed by atoms with van der Waals surface area (Å²) >= 11 is 0. The van der Waals surface area contributed by atoms with Crippen LogP contribution in [0.3, 0.4) is 0 Å². The molecule has 1 fully saturated rings. The zero-order valence-corrected chi connectivity index (χ0v) is 8.88. The third-order valence-electron chi connectivity index (χ3n) is 3.20. The Balaban J connectivity index is 1.79. The number of nitrogens with one attached hydrogen (secondary N) is 2. The van der Waals surface area contributed by atoms with Crippen molar-refractivity contribution in [1.82, 2.24) is 0 Å². The van der Waals surface area contributed by atoms with Gasteiger partial charge in [0, 0.05) is 5.56 Å². The molecule has 1 aromatic rings. The first kappa shape index (κ1) is 9.74. The van der Waals surface area contributed by atoms with E-state index in [0.29, 0.717) is 0 Å². The Morgan fingerprint density at radius 3 is 2.50 bits per heavy atom. The number of hydrogen-bond acceptors (Lipinski definition) is 1. The molecule has 1 aliphatic heterocycles. The minimum Gasteiger partial charge on any atom is -0.472 e. The summed E-state index contributed by atoms with van der Waals surface area (Å²) in [7, 11) is 0. The standard InChI is InChI=1S/C11H18N2O/c1-2-12-4-6-13(7-5-12)9-11-3-8-14-10-11/h3,8,10H,2,4-7,9H2,1H3/p+2. The maximum absolute atomic E-state index is 5.08. The molecule has 1 aliphatic rings. The highest BCUT2D eigenvalue weighted by Crippen LogP contribution is 1.96. The topological polar surface area (TPSA) is 22.0 Å². The number of rotatable bonds is 3. The van der Waals surface area contributed by atoms with Crippen molar-refractivity contribution in [2.45, 2.75) is 13.5 Å². The number of quaternary nitrogens is 2. The van der Waals surface area contributed by atoms with Gasteiger partial charge in [0.25, 0.3) is 0 Å². The average Bonchev–Trinajstić information content (AvgIpc) is 2.72. The van der Waals surface area contributed by atoms with Gasteiger partial charge >= 0.3 is 0 Å². The van der Waals surface area contributed by atoms with E-state index < -0.39 is 0 Å². The average molecular weight is 196 g/mol. The second kappa shape index (κ2) is 4.62. The van der Waals surface area contributed by atoms with Crippen LogP contribution in [0.1, 0.15) is 12.5 Å². The SMILES string of the molecule is CC[NH+]1CC[NH+](Cc2ccoc2)CC1. The van der Waals surface area contributed by atoms with E-state index in [-0.39, 0.29) is 0 Å². The highest BCUT2D eigenvalue weighted by molar-refractivity contribution is 5.02. The number of hydrogen-bond donors (Lipinski definition) is 2. The molecule has 0 radical (unpaired) electrons. The molecule has 0 aromatic carbocycles. The van der Waals surface area contributed by atoms with Gasteiger partial charge in [-0.2, -0.15) is 0 Å². The molecule has 3 heteroatoms. The highest BCUT2D eigenvalue weighted by atomic mass is 16.3. The van der Waals surface area contributed by atoms with Gasteiger partial charge in [-0.25, -0.2) is 0 Å². The van der Waals surface area contributed by atoms with Crippen LogP contribution in [0.2, 0.25) is 0 Å². The molecule has 3 nitrogen and oxygen atoms in total. The second-order valence-corrected chi connectivity index (χ2v) is 4.16. The fourth-order valence-corrected chi connectivity index (χ4v) is 2.17. The fourth-order valence-electron chi connectivity index (χ4n) is 2.17. The van der Waals surface area contributed by atoms with E-state index in [1.807, 2.05) is 6.26 Å². The lowest BCUT2D eigenvalue weighted by Crippen LogP contribution is -3.27. The summed E-state index contributed by atoms with van der Waals surface area (Å²) in [5.41, 5.74) is 1.33. The van der Waals surface area contributed by atoms with Crippen molar-refractivity contribution in [1.29, 1.82) is 0 Å². The van der Waals surface area contributed by atoms with Crippen LogP contribution >= 0.6 is 0 Å². The van der Waals surface area contributed by atoms with E-state index in [9.17, 15) is 0 Å². The molecule has 2 N–H and O–H groups in total. The molecule has 0 atom stereocenters. The van der Waals surface area contributed by atoms with Gasteiger partial charge in [-0.1, -0.05) is 0 Å². The van der Waals surface area contributed by atoms with Gasteiger partial charge in [0.05, 0.1) is 19.1 Å². The summed E-state index contributed by atoms with van der Waals surface area (Å²) in [6.07, 6.45) is 3.63. The Morgan fingerprint density at radius 2 is 1.93 bits per heavy atom. The van der Waals surface area contributed by atoms with Gasteiger partial charge in [0.15, 0.2) is 0 Å². The Bertz CT molecular complexity index is 250. The van der Waals surface area contributed by atoms with Crippen molar-refractivity contribution in [3.63, 3.8) is 0 Å². The molecular formula is C11H20N2O+2. The van der Waals surface area contributed by atoms with Crippen LogP contribution < -0.4 is 9.80 Å². The van der Waals surface area contributed by atoms with E-state index in [2.05, 4.69) is 13.0 Å². The van der Waals surface area contributed by atoms with E-state index in [1.54, 1.807) is 16.1 Å². The molecule has 0 spiro atoms. The Hall–Kier alpha value is -0.800. The molecule has 2 heterocycles. The van der Waals surface area contributed by atoms with E-state index in [4.69, 9.17) is 4.42 Å². The quantitative estimate of drug-likeness (QED) is 0.609. The van der Waals surface area contributed by atoms with Gasteiger partial charge in [-0.15, -0.1) is 0 Å². The minimum absolute atomic E-state index is 1.13. The molecule has 2 rings (SSSR count). The van der Waals surface area contributed by atoms with Crippen LogP contribution in [0.15, 0.2) is 23.0 Å². The van der Waals surface area contributed by atoms with Crippen LogP contribution in [0.5, 0.6) is 0 Å². The lowest BCUT2D eigenvalue weighted by molar-refractivity contribution is -1.02. The number of piperazine rings is 1. The molecule has 0 saturated carbocycles. The molecular weight excluding hydrogens is 176 g/mol. The fraction of sp³-hybridized carbons (Fsp3) is 0.636. The lowest BCUT2D eigenvalue weighted by atomic mass is 10.2. The van der Waals surface area contributed by atoms with Crippen molar-refractivity contribution in [3.05, 3.63) is 24.2 Å². The summed E-state index contributed by atoms with van der Waals surface area (Å²) in [4.78, 5) is 3.45. The largest absolute Gasteiger partial charge is 0.472 e. The molecule has 0 amide bonds. The van der Waals surface area contributed by atoms with Gasteiger partial charge in [-0.3, -0.25) is 0 Å². The Kier molecular flexibility index (Phi) is 3.22. The van der Waals surface area contributed by atoms with Gasteiger partial charge in [0.1, 0.15) is 32.7 Å². The summed E-state index contributed by atoms with van der Waals surface area (Å²) in [5, 5.41) is 0. The van der Waals surface area contributed by atoms with Crippen LogP contribution in [-0.4, -0.2) is 32.7 Å². The zero-order chi connectivity index (χ0) is 9.80. The van der Waals surface area contributed by atoms with Gasteiger partial charge < -0.3 is 14.2 Å². The molecule has 0 unspecified atom stereocenters. The minimum atomic E-state index is 1.13. The van der Waals surface area contributed by atoms with Crippen molar-refractivity contribution >= 4 is 0 Å². The van der Waals surface area contributed by atoms with Crippen LogP contribution in [0.25, 0.3) is 0 Å². The highest BCUT2D eigenvalue weighted by Gasteiger charge is 2.21. The summed E-state index contributed by atoms with van der Waals surface area (Å²) < 4.78 is 5.08. The van der Waals surface area contributed by atoms with Crippen LogP contribution in [-0.2, 0) is 6.54 Å². The third-order valence-corrected chi connectivity index (χ3v) is 3.20. The van der Waals surface area contributed by atoms with Gasteiger partial charge in [0.2, 0.25) is 0 Å². The van der Waals surface area contributed by atoms with Crippen molar-refractivity contribution < 1.29 is 14.2 Å². The summed E-state index contributed by atoms with van der Waals surface area (Å²) in [6, 6.07) is 2.08.